The van der Waals surface area contributed by atoms with Crippen LogP contribution in [0, 0.1) is 0 Å². The van der Waals surface area contributed by atoms with E-state index in [1.807, 2.05) is 27.7 Å². The summed E-state index contributed by atoms with van der Waals surface area (Å²) in [6.07, 6.45) is 0.364. The molecule has 0 amide bonds. The zero-order valence-corrected chi connectivity index (χ0v) is 11.3. The predicted octanol–water partition coefficient (Wildman–Crippen LogP) is 1.86. The van der Waals surface area contributed by atoms with Gasteiger partial charge in [0.25, 0.3) is 0 Å². The van der Waals surface area contributed by atoms with Crippen molar-refractivity contribution in [3.05, 3.63) is 0 Å². The Morgan fingerprint density at radius 1 is 1.31 bits per heavy atom. The highest BCUT2D eigenvalue weighted by molar-refractivity contribution is 5.80. The molecule has 16 heavy (non-hydrogen) atoms. The van der Waals surface area contributed by atoms with Crippen molar-refractivity contribution in [1.29, 1.82) is 0 Å². The van der Waals surface area contributed by atoms with Gasteiger partial charge in [0.2, 0.25) is 0 Å². The quantitative estimate of drug-likeness (QED) is 0.734. The Balaban J connectivity index is 4.30. The highest BCUT2D eigenvalue weighted by Crippen LogP contribution is 2.18. The molecule has 0 aromatic carbocycles. The number of hydrogen-bond acceptors (Lipinski definition) is 4. The van der Waals surface area contributed by atoms with Gasteiger partial charge in [0.05, 0.1) is 18.3 Å². The Labute approximate surface area is 98.5 Å². The van der Waals surface area contributed by atoms with Gasteiger partial charge < -0.3 is 15.2 Å². The van der Waals surface area contributed by atoms with Gasteiger partial charge in [0.15, 0.2) is 0 Å². The lowest BCUT2D eigenvalue weighted by atomic mass is 9.96. The predicted molar refractivity (Wildman–Crippen MR) is 64.1 cm³/mol. The second-order valence-corrected chi connectivity index (χ2v) is 5.38. The molecule has 0 aliphatic carbocycles. The smallest absolute Gasteiger partial charge is 0.325 e. The van der Waals surface area contributed by atoms with Gasteiger partial charge in [0.1, 0.15) is 5.54 Å². The average Bonchev–Trinajstić information content (AvgIpc) is 1.99. The van der Waals surface area contributed by atoms with Crippen molar-refractivity contribution < 1.29 is 14.3 Å². The van der Waals surface area contributed by atoms with Crippen molar-refractivity contribution in [3.63, 3.8) is 0 Å². The van der Waals surface area contributed by atoms with E-state index >= 15 is 0 Å². The third-order valence-electron chi connectivity index (χ3n) is 2.01. The van der Waals surface area contributed by atoms with Crippen molar-refractivity contribution in [3.8, 4) is 0 Å². The number of hydrogen-bond donors (Lipinski definition) is 1. The van der Waals surface area contributed by atoms with Gasteiger partial charge in [-0.25, -0.2) is 0 Å². The van der Waals surface area contributed by atoms with Gasteiger partial charge in [-0.15, -0.1) is 0 Å². The fourth-order valence-electron chi connectivity index (χ4n) is 1.62. The van der Waals surface area contributed by atoms with E-state index in [1.54, 1.807) is 13.8 Å². The largest absolute Gasteiger partial charge is 0.465 e. The van der Waals surface area contributed by atoms with Crippen LogP contribution in [0.5, 0.6) is 0 Å². The van der Waals surface area contributed by atoms with E-state index in [0.717, 1.165) is 0 Å². The number of carbonyl (C=O) groups is 1. The van der Waals surface area contributed by atoms with Gasteiger partial charge in [-0.1, -0.05) is 0 Å². The molecule has 0 saturated carbocycles. The molecule has 96 valence electrons. The molecule has 0 aromatic rings. The van der Waals surface area contributed by atoms with Crippen LogP contribution in [0.1, 0.15) is 48.0 Å². The first-order valence-electron chi connectivity index (χ1n) is 5.72. The van der Waals surface area contributed by atoms with Gasteiger partial charge in [-0.3, -0.25) is 4.79 Å². The minimum absolute atomic E-state index is 0.0839. The second-order valence-electron chi connectivity index (χ2n) is 5.38. The van der Waals surface area contributed by atoms with Gasteiger partial charge >= 0.3 is 5.97 Å². The Bertz CT molecular complexity index is 231. The zero-order chi connectivity index (χ0) is 13.0. The highest BCUT2D eigenvalue weighted by Gasteiger charge is 2.33. The summed E-state index contributed by atoms with van der Waals surface area (Å²) < 4.78 is 10.6. The Morgan fingerprint density at radius 3 is 2.19 bits per heavy atom. The molecule has 4 nitrogen and oxygen atoms in total. The molecule has 0 radical (unpaired) electrons. The zero-order valence-electron chi connectivity index (χ0n) is 11.3. The van der Waals surface area contributed by atoms with Crippen molar-refractivity contribution in [1.82, 2.24) is 0 Å². The number of ether oxygens (including phenoxy) is 2. The molecule has 0 aliphatic rings. The summed E-state index contributed by atoms with van der Waals surface area (Å²) in [6, 6.07) is 0. The topological polar surface area (TPSA) is 61.5 Å². The van der Waals surface area contributed by atoms with Gasteiger partial charge in [0, 0.05) is 6.42 Å². The van der Waals surface area contributed by atoms with Crippen molar-refractivity contribution in [2.45, 2.75) is 65.2 Å². The summed E-state index contributed by atoms with van der Waals surface area (Å²) >= 11 is 0. The third kappa shape index (κ3) is 6.08. The van der Waals surface area contributed by atoms with Crippen LogP contribution < -0.4 is 5.73 Å². The van der Waals surface area contributed by atoms with Gasteiger partial charge in [-0.05, 0) is 41.5 Å². The molecule has 2 N–H and O–H groups in total. The molecule has 2 unspecified atom stereocenters. The van der Waals surface area contributed by atoms with Crippen LogP contribution in [0.15, 0.2) is 0 Å². The van der Waals surface area contributed by atoms with E-state index in [1.165, 1.54) is 0 Å². The van der Waals surface area contributed by atoms with E-state index in [-0.39, 0.29) is 17.7 Å². The van der Waals surface area contributed by atoms with Crippen molar-refractivity contribution >= 4 is 5.97 Å². The van der Waals surface area contributed by atoms with Crippen LogP contribution in [0.4, 0.5) is 0 Å². The maximum atomic E-state index is 11.6. The summed E-state index contributed by atoms with van der Waals surface area (Å²) in [5.41, 5.74) is 4.69. The summed E-state index contributed by atoms with van der Waals surface area (Å²) in [4.78, 5) is 11.6. The Morgan fingerprint density at radius 2 is 1.81 bits per heavy atom. The number of esters is 1. The molecule has 0 saturated heterocycles. The molecule has 4 heteroatoms. The van der Waals surface area contributed by atoms with Crippen LogP contribution in [0.25, 0.3) is 0 Å². The van der Waals surface area contributed by atoms with E-state index < -0.39 is 5.54 Å². The molecule has 0 rings (SSSR count). The van der Waals surface area contributed by atoms with Crippen LogP contribution in [0.3, 0.4) is 0 Å². The van der Waals surface area contributed by atoms with Gasteiger partial charge in [-0.2, -0.15) is 0 Å². The normalized spacial score (nSPS) is 17.7. The first-order valence-corrected chi connectivity index (χ1v) is 5.72. The molecule has 0 aliphatic heterocycles. The lowest BCUT2D eigenvalue weighted by Gasteiger charge is -2.30. The molecular formula is C12H25NO3. The molecule has 0 fully saturated rings. The lowest BCUT2D eigenvalue weighted by Crippen LogP contribution is -2.49. The van der Waals surface area contributed by atoms with Crippen molar-refractivity contribution in [2.24, 2.45) is 5.73 Å². The maximum Gasteiger partial charge on any atom is 0.325 e. The summed E-state index contributed by atoms with van der Waals surface area (Å²) in [5.74, 6) is -0.376. The summed E-state index contributed by atoms with van der Waals surface area (Å²) in [5, 5.41) is 0. The molecule has 0 aromatic heterocycles. The minimum atomic E-state index is -0.985. The molecule has 0 bridgehead atoms. The van der Waals surface area contributed by atoms with E-state index in [0.29, 0.717) is 13.0 Å². The second kappa shape index (κ2) is 5.64. The summed E-state index contributed by atoms with van der Waals surface area (Å²) in [6.45, 7) is 11.6. The number of nitrogens with two attached hydrogens (primary N) is 1. The molecule has 2 atom stereocenters. The van der Waals surface area contributed by atoms with Crippen LogP contribution in [0.2, 0.25) is 0 Å². The SMILES string of the molecule is CCOC(=O)C(C)(N)CC(C)OC(C)(C)C. The molecule has 0 heterocycles. The third-order valence-corrected chi connectivity index (χ3v) is 2.01. The molecule has 0 spiro atoms. The van der Waals surface area contributed by atoms with Crippen molar-refractivity contribution in [2.75, 3.05) is 6.61 Å². The van der Waals surface area contributed by atoms with Crippen LogP contribution in [-0.2, 0) is 14.3 Å². The minimum Gasteiger partial charge on any atom is -0.465 e. The first-order chi connectivity index (χ1) is 7.08. The van der Waals surface area contributed by atoms with E-state index in [2.05, 4.69) is 0 Å². The summed E-state index contributed by atoms with van der Waals surface area (Å²) in [7, 11) is 0. The number of carbonyl (C=O) groups excluding carboxylic acids is 1. The fourth-order valence-corrected chi connectivity index (χ4v) is 1.62. The van der Waals surface area contributed by atoms with E-state index in [9.17, 15) is 4.79 Å². The standard InChI is InChI=1S/C12H25NO3/c1-7-15-10(14)12(6,13)8-9(2)16-11(3,4)5/h9H,7-8,13H2,1-6H3. The Kier molecular flexibility index (Phi) is 5.42. The fraction of sp³-hybridized carbons (Fsp3) is 0.917. The first kappa shape index (κ1) is 15.4. The lowest BCUT2D eigenvalue weighted by molar-refractivity contribution is -0.151. The number of rotatable bonds is 5. The molecular weight excluding hydrogens is 206 g/mol. The Hall–Kier alpha value is -0.610. The van der Waals surface area contributed by atoms with Crippen LogP contribution >= 0.6 is 0 Å². The van der Waals surface area contributed by atoms with E-state index in [4.69, 9.17) is 15.2 Å². The van der Waals surface area contributed by atoms with Crippen LogP contribution in [-0.4, -0.2) is 29.8 Å². The monoisotopic (exact) mass is 231 g/mol. The average molecular weight is 231 g/mol. The highest BCUT2D eigenvalue weighted by atomic mass is 16.5. The maximum absolute atomic E-state index is 11.6.